The second-order valence-electron chi connectivity index (χ2n) is 3.22. The molecule has 0 spiro atoms. The molecule has 1 N–H and O–H groups in total. The van der Waals surface area contributed by atoms with Crippen LogP contribution in [-0.4, -0.2) is 30.4 Å². The average Bonchev–Trinajstić information content (AvgIpc) is 2.12. The van der Waals surface area contributed by atoms with Crippen molar-refractivity contribution in [1.29, 1.82) is 0 Å². The lowest BCUT2D eigenvalue weighted by Crippen LogP contribution is -2.38. The van der Waals surface area contributed by atoms with E-state index in [2.05, 4.69) is 0 Å². The first-order chi connectivity index (χ1) is 7.16. The van der Waals surface area contributed by atoms with Crippen molar-refractivity contribution < 1.29 is 19.4 Å². The van der Waals surface area contributed by atoms with E-state index in [4.69, 9.17) is 26.2 Å². The third-order valence-electron chi connectivity index (χ3n) is 2.07. The molecule has 0 bridgehead atoms. The van der Waals surface area contributed by atoms with Crippen molar-refractivity contribution in [3.63, 3.8) is 0 Å². The van der Waals surface area contributed by atoms with Crippen LogP contribution in [0.25, 0.3) is 0 Å². The number of aromatic carboxylic acids is 1. The van der Waals surface area contributed by atoms with Gasteiger partial charge in [0.25, 0.3) is 0 Å². The number of halogens is 1. The number of hydrogen-bond donors (Lipinski definition) is 1. The van der Waals surface area contributed by atoms with Gasteiger partial charge < -0.3 is 14.6 Å². The molecule has 1 aromatic carbocycles. The van der Waals surface area contributed by atoms with Gasteiger partial charge in [-0.2, -0.15) is 0 Å². The summed E-state index contributed by atoms with van der Waals surface area (Å²) >= 11 is 5.70. The highest BCUT2D eigenvalue weighted by atomic mass is 35.5. The van der Waals surface area contributed by atoms with E-state index < -0.39 is 5.97 Å². The van der Waals surface area contributed by atoms with Gasteiger partial charge in [0.1, 0.15) is 17.4 Å². The molecule has 0 aromatic heterocycles. The van der Waals surface area contributed by atoms with Gasteiger partial charge in [0.15, 0.2) is 0 Å². The topological polar surface area (TPSA) is 55.8 Å². The molecule has 5 heteroatoms. The molecule has 80 valence electrons. The lowest BCUT2D eigenvalue weighted by atomic mass is 10.2. The summed E-state index contributed by atoms with van der Waals surface area (Å²) in [6, 6.07) is 4.53. The van der Waals surface area contributed by atoms with Crippen molar-refractivity contribution in [2.45, 2.75) is 6.10 Å². The van der Waals surface area contributed by atoms with Crippen molar-refractivity contribution in [3.05, 3.63) is 28.8 Å². The largest absolute Gasteiger partial charge is 0.485 e. The average molecular weight is 229 g/mol. The molecule has 1 aromatic rings. The maximum atomic E-state index is 10.9. The zero-order chi connectivity index (χ0) is 10.8. The highest BCUT2D eigenvalue weighted by Crippen LogP contribution is 2.25. The van der Waals surface area contributed by atoms with Gasteiger partial charge in [-0.15, -0.1) is 0 Å². The predicted molar refractivity (Wildman–Crippen MR) is 53.6 cm³/mol. The first-order valence-corrected chi connectivity index (χ1v) is 4.82. The van der Waals surface area contributed by atoms with E-state index in [1.807, 2.05) is 0 Å². The Morgan fingerprint density at radius 3 is 2.80 bits per heavy atom. The van der Waals surface area contributed by atoms with E-state index >= 15 is 0 Å². The molecule has 0 radical (unpaired) electrons. The molecule has 15 heavy (non-hydrogen) atoms. The molecule has 1 fully saturated rings. The van der Waals surface area contributed by atoms with Gasteiger partial charge in [-0.05, 0) is 18.2 Å². The lowest BCUT2D eigenvalue weighted by Gasteiger charge is -2.27. The standard InChI is InChI=1S/C10H9ClO4/c11-6-1-2-9(8(3-6)10(12)13)15-7-4-14-5-7/h1-3,7H,4-5H2,(H,12,13). The van der Waals surface area contributed by atoms with Gasteiger partial charge in [0, 0.05) is 5.02 Å². The molecule has 0 unspecified atom stereocenters. The van der Waals surface area contributed by atoms with Gasteiger partial charge in [-0.25, -0.2) is 4.79 Å². The van der Waals surface area contributed by atoms with E-state index in [0.717, 1.165) is 0 Å². The van der Waals surface area contributed by atoms with Crippen molar-refractivity contribution in [1.82, 2.24) is 0 Å². The zero-order valence-corrected chi connectivity index (χ0v) is 8.53. The molecule has 1 aliphatic heterocycles. The summed E-state index contributed by atoms with van der Waals surface area (Å²) in [6.45, 7) is 1.00. The summed E-state index contributed by atoms with van der Waals surface area (Å²) in [5.41, 5.74) is 0.0781. The molecule has 4 nitrogen and oxygen atoms in total. The first kappa shape index (κ1) is 10.3. The second kappa shape index (κ2) is 4.08. The van der Waals surface area contributed by atoms with Crippen LogP contribution in [0.3, 0.4) is 0 Å². The monoisotopic (exact) mass is 228 g/mol. The van der Waals surface area contributed by atoms with Crippen LogP contribution in [0, 0.1) is 0 Å². The van der Waals surface area contributed by atoms with Crippen LogP contribution in [0.1, 0.15) is 10.4 Å². The normalized spacial score (nSPS) is 15.8. The summed E-state index contributed by atoms with van der Waals surface area (Å²) < 4.78 is 10.4. The Kier molecular flexibility index (Phi) is 2.79. The fourth-order valence-electron chi connectivity index (χ4n) is 1.23. The summed E-state index contributed by atoms with van der Waals surface area (Å²) in [5.74, 6) is -0.715. The number of hydrogen-bond acceptors (Lipinski definition) is 3. The third kappa shape index (κ3) is 2.22. The third-order valence-corrected chi connectivity index (χ3v) is 2.31. The number of carbonyl (C=O) groups is 1. The molecule has 0 amide bonds. The minimum atomic E-state index is -1.05. The molecule has 0 aliphatic carbocycles. The van der Waals surface area contributed by atoms with Crippen molar-refractivity contribution in [3.8, 4) is 5.75 Å². The molecular weight excluding hydrogens is 220 g/mol. The van der Waals surface area contributed by atoms with Gasteiger partial charge in [0.2, 0.25) is 0 Å². The van der Waals surface area contributed by atoms with Crippen molar-refractivity contribution >= 4 is 17.6 Å². The number of carboxylic acid groups (broad SMARTS) is 1. The smallest absolute Gasteiger partial charge is 0.339 e. The first-order valence-electron chi connectivity index (χ1n) is 4.44. The van der Waals surface area contributed by atoms with Crippen LogP contribution in [0.4, 0.5) is 0 Å². The molecular formula is C10H9ClO4. The summed E-state index contributed by atoms with van der Waals surface area (Å²) in [4.78, 5) is 10.9. The zero-order valence-electron chi connectivity index (χ0n) is 7.77. The molecule has 1 aliphatic rings. The Morgan fingerprint density at radius 2 is 2.27 bits per heavy atom. The Hall–Kier alpha value is -1.26. The number of carboxylic acids is 1. The predicted octanol–water partition coefficient (Wildman–Crippen LogP) is 1.82. The molecule has 1 heterocycles. The van der Waals surface area contributed by atoms with Crippen molar-refractivity contribution in [2.75, 3.05) is 13.2 Å². The SMILES string of the molecule is O=C(O)c1cc(Cl)ccc1OC1COC1. The maximum Gasteiger partial charge on any atom is 0.339 e. The minimum absolute atomic E-state index is 0.0516. The van der Waals surface area contributed by atoms with Gasteiger partial charge in [0.05, 0.1) is 13.2 Å². The fourth-order valence-corrected chi connectivity index (χ4v) is 1.41. The molecule has 0 saturated carbocycles. The van der Waals surface area contributed by atoms with Crippen LogP contribution >= 0.6 is 11.6 Å². The number of rotatable bonds is 3. The Labute approximate surface area is 91.4 Å². The Morgan fingerprint density at radius 1 is 1.53 bits per heavy atom. The minimum Gasteiger partial charge on any atom is -0.485 e. The summed E-state index contributed by atoms with van der Waals surface area (Å²) in [7, 11) is 0. The van der Waals surface area contributed by atoms with Crippen molar-refractivity contribution in [2.24, 2.45) is 0 Å². The second-order valence-corrected chi connectivity index (χ2v) is 3.66. The van der Waals surface area contributed by atoms with Crippen LogP contribution in [0.5, 0.6) is 5.75 Å². The fraction of sp³-hybridized carbons (Fsp3) is 0.300. The highest BCUT2D eigenvalue weighted by Gasteiger charge is 2.22. The van der Waals surface area contributed by atoms with E-state index in [1.165, 1.54) is 6.07 Å². The van der Waals surface area contributed by atoms with E-state index in [1.54, 1.807) is 12.1 Å². The molecule has 0 atom stereocenters. The van der Waals surface area contributed by atoms with Gasteiger partial charge >= 0.3 is 5.97 Å². The van der Waals surface area contributed by atoms with E-state index in [0.29, 0.717) is 24.0 Å². The van der Waals surface area contributed by atoms with Gasteiger partial charge in [-0.1, -0.05) is 11.6 Å². The Bertz CT molecular complexity index is 387. The Balaban J connectivity index is 2.23. The summed E-state index contributed by atoms with van der Waals surface area (Å²) in [5, 5.41) is 9.30. The summed E-state index contributed by atoms with van der Waals surface area (Å²) in [6.07, 6.45) is -0.0516. The van der Waals surface area contributed by atoms with Crippen LogP contribution in [0.2, 0.25) is 5.02 Å². The maximum absolute atomic E-state index is 10.9. The van der Waals surface area contributed by atoms with Crippen LogP contribution < -0.4 is 4.74 Å². The number of ether oxygens (including phenoxy) is 2. The highest BCUT2D eigenvalue weighted by molar-refractivity contribution is 6.31. The molecule has 1 saturated heterocycles. The van der Waals surface area contributed by atoms with E-state index in [9.17, 15) is 4.79 Å². The van der Waals surface area contributed by atoms with Crippen LogP contribution in [0.15, 0.2) is 18.2 Å². The van der Waals surface area contributed by atoms with Gasteiger partial charge in [-0.3, -0.25) is 0 Å². The number of benzene rings is 1. The quantitative estimate of drug-likeness (QED) is 0.857. The lowest BCUT2D eigenvalue weighted by molar-refractivity contribution is -0.0799. The van der Waals surface area contributed by atoms with E-state index in [-0.39, 0.29) is 11.7 Å². The van der Waals surface area contributed by atoms with Crippen LogP contribution in [-0.2, 0) is 4.74 Å². The molecule has 2 rings (SSSR count).